The number of amides is 2. The van der Waals surface area contributed by atoms with Crippen LogP contribution in [0.25, 0.3) is 22.0 Å². The lowest BCUT2D eigenvalue weighted by molar-refractivity contribution is -0.138. The van der Waals surface area contributed by atoms with E-state index >= 15 is 0 Å². The smallest absolute Gasteiger partial charge is 0.248 e. The maximum atomic E-state index is 13.9. The number of pyridine rings is 1. The molecule has 3 atom stereocenters. The molecule has 1 aromatic carbocycles. The van der Waals surface area contributed by atoms with Crippen molar-refractivity contribution in [3.63, 3.8) is 0 Å². The van der Waals surface area contributed by atoms with Crippen LogP contribution in [0.4, 0.5) is 10.2 Å². The summed E-state index contributed by atoms with van der Waals surface area (Å²) >= 11 is 3.06. The summed E-state index contributed by atoms with van der Waals surface area (Å²) in [5, 5.41) is 7.92. The molecule has 4 aromatic rings. The van der Waals surface area contributed by atoms with Gasteiger partial charge in [-0.25, -0.2) is 19.3 Å². The zero-order chi connectivity index (χ0) is 29.2. The number of piperidine rings is 1. The quantitative estimate of drug-likeness (QED) is 0.246. The van der Waals surface area contributed by atoms with E-state index in [0.717, 1.165) is 17.5 Å². The van der Waals surface area contributed by atoms with E-state index in [4.69, 9.17) is 0 Å². The molecule has 2 amide bonds. The molecule has 41 heavy (non-hydrogen) atoms. The lowest BCUT2D eigenvalue weighted by atomic mass is 10.0. The number of rotatable bonds is 6. The highest BCUT2D eigenvalue weighted by molar-refractivity contribution is 9.10. The van der Waals surface area contributed by atoms with Crippen molar-refractivity contribution in [3.05, 3.63) is 64.2 Å². The summed E-state index contributed by atoms with van der Waals surface area (Å²) in [4.78, 5) is 54.0. The molecule has 1 unspecified atom stereocenters. The first-order valence-corrected chi connectivity index (χ1v) is 14.0. The number of benzene rings is 1. The Balaban J connectivity index is 1.28. The second kappa shape index (κ2) is 9.79. The van der Waals surface area contributed by atoms with Crippen molar-refractivity contribution in [2.45, 2.75) is 59.2 Å². The molecule has 0 bridgehead atoms. The molecule has 6 rings (SSSR count). The molecule has 3 aromatic heterocycles. The van der Waals surface area contributed by atoms with E-state index in [1.165, 1.54) is 17.7 Å². The zero-order valence-electron chi connectivity index (χ0n) is 22.9. The minimum atomic E-state index is -0.710. The lowest BCUT2D eigenvalue weighted by Crippen LogP contribution is -2.47. The Kier molecular flexibility index (Phi) is 6.48. The van der Waals surface area contributed by atoms with Crippen molar-refractivity contribution < 1.29 is 18.8 Å². The molecule has 2 aliphatic rings. The fourth-order valence-electron chi connectivity index (χ4n) is 5.74. The Morgan fingerprint density at radius 2 is 1.85 bits per heavy atom. The number of likely N-dealkylation sites (tertiary alicyclic amines) is 1. The van der Waals surface area contributed by atoms with E-state index in [1.807, 2.05) is 18.2 Å². The van der Waals surface area contributed by atoms with Crippen molar-refractivity contribution in [1.82, 2.24) is 29.6 Å². The Labute approximate surface area is 243 Å². The number of nitrogens with zero attached hydrogens (tertiary/aromatic N) is 6. The standard InChI is InChI=1S/C29H27BrFN7O3/c1-14-7-20(31)26(30)34-27(14)35-28(41)22-9-29(4)10-23(29)38(22)24(40)13-37-21-6-5-17(18-11-32-16(3)33-12-18)8-19(21)25(36-37)15(2)39/h5-8,11-12,22-23H,9-10,13H2,1-4H3,(H,34,35,41)/t22-,23?,29-/m0/s1. The zero-order valence-corrected chi connectivity index (χ0v) is 24.5. The number of carbonyl (C=O) groups is 3. The molecule has 10 nitrogen and oxygen atoms in total. The van der Waals surface area contributed by atoms with Gasteiger partial charge in [-0.1, -0.05) is 13.0 Å². The number of anilines is 1. The molecule has 1 aliphatic carbocycles. The van der Waals surface area contributed by atoms with Crippen LogP contribution < -0.4 is 5.32 Å². The van der Waals surface area contributed by atoms with Gasteiger partial charge in [-0.05, 0) is 77.4 Å². The van der Waals surface area contributed by atoms with Crippen molar-refractivity contribution in [3.8, 4) is 11.1 Å². The number of nitrogens with one attached hydrogen (secondary N) is 1. The number of hydrogen-bond acceptors (Lipinski definition) is 7. The second-order valence-electron chi connectivity index (χ2n) is 11.1. The molecule has 1 saturated heterocycles. The van der Waals surface area contributed by atoms with E-state index in [-0.39, 0.29) is 51.7 Å². The number of hydrogen-bond donors (Lipinski definition) is 1. The number of halogens is 2. The Morgan fingerprint density at radius 3 is 2.56 bits per heavy atom. The summed E-state index contributed by atoms with van der Waals surface area (Å²) in [7, 11) is 0. The first-order chi connectivity index (χ1) is 19.4. The third kappa shape index (κ3) is 4.79. The molecular formula is C29H27BrFN7O3. The normalized spacial score (nSPS) is 21.2. The SMILES string of the molecule is CC(=O)c1nn(CC(=O)N2C3C[C@]3(C)C[C@H]2C(=O)Nc2nc(Br)c(F)cc2C)c2ccc(-c3cnc(C)nc3)cc12. The van der Waals surface area contributed by atoms with Gasteiger partial charge in [0.25, 0.3) is 0 Å². The number of carbonyl (C=O) groups excluding carboxylic acids is 3. The molecule has 210 valence electrons. The molecule has 1 aliphatic heterocycles. The number of aromatic nitrogens is 5. The summed E-state index contributed by atoms with van der Waals surface area (Å²) in [6.45, 7) is 6.83. The van der Waals surface area contributed by atoms with Crippen molar-refractivity contribution >= 4 is 50.2 Å². The van der Waals surface area contributed by atoms with Gasteiger partial charge in [0.2, 0.25) is 11.8 Å². The number of Topliss-reactive ketones (excluding diaryl/α,β-unsaturated/α-hetero) is 1. The minimum Gasteiger partial charge on any atom is -0.325 e. The topological polar surface area (TPSA) is 123 Å². The summed E-state index contributed by atoms with van der Waals surface area (Å²) in [5.41, 5.74) is 2.85. The van der Waals surface area contributed by atoms with Crippen LogP contribution in [-0.4, -0.2) is 59.3 Å². The van der Waals surface area contributed by atoms with Crippen molar-refractivity contribution in [2.75, 3.05) is 5.32 Å². The fourth-order valence-corrected chi connectivity index (χ4v) is 6.03. The van der Waals surface area contributed by atoms with Crippen LogP contribution in [0.2, 0.25) is 0 Å². The van der Waals surface area contributed by atoms with E-state index < -0.39 is 11.9 Å². The first kappa shape index (κ1) is 27.1. The molecule has 1 saturated carbocycles. The molecule has 4 heterocycles. The third-order valence-electron chi connectivity index (χ3n) is 8.07. The van der Waals surface area contributed by atoms with Gasteiger partial charge in [-0.2, -0.15) is 5.10 Å². The van der Waals surface area contributed by atoms with Gasteiger partial charge in [0, 0.05) is 36.3 Å². The van der Waals surface area contributed by atoms with Gasteiger partial charge >= 0.3 is 0 Å². The van der Waals surface area contributed by atoms with Crippen molar-refractivity contribution in [2.24, 2.45) is 5.41 Å². The average molecular weight is 620 g/mol. The van der Waals surface area contributed by atoms with Gasteiger partial charge in [0.1, 0.15) is 34.5 Å². The van der Waals surface area contributed by atoms with Crippen LogP contribution >= 0.6 is 15.9 Å². The summed E-state index contributed by atoms with van der Waals surface area (Å²) < 4.78 is 15.4. The van der Waals surface area contributed by atoms with Crippen LogP contribution in [-0.2, 0) is 16.1 Å². The highest BCUT2D eigenvalue weighted by Crippen LogP contribution is 2.59. The van der Waals surface area contributed by atoms with Crippen LogP contribution in [0.15, 0.2) is 41.3 Å². The number of aryl methyl sites for hydroxylation is 2. The molecular weight excluding hydrogens is 593 g/mol. The van der Waals surface area contributed by atoms with Gasteiger partial charge in [-0.3, -0.25) is 19.1 Å². The van der Waals surface area contributed by atoms with E-state index in [1.54, 1.807) is 31.1 Å². The van der Waals surface area contributed by atoms with Gasteiger partial charge in [0.15, 0.2) is 11.6 Å². The van der Waals surface area contributed by atoms with E-state index in [2.05, 4.69) is 48.2 Å². The largest absolute Gasteiger partial charge is 0.325 e. The molecule has 0 radical (unpaired) electrons. The monoisotopic (exact) mass is 619 g/mol. The number of fused-ring (bicyclic) bond motifs is 2. The first-order valence-electron chi connectivity index (χ1n) is 13.2. The highest BCUT2D eigenvalue weighted by Gasteiger charge is 2.64. The molecule has 2 fully saturated rings. The predicted octanol–water partition coefficient (Wildman–Crippen LogP) is 4.63. The molecule has 12 heteroatoms. The van der Waals surface area contributed by atoms with Crippen LogP contribution in [0.5, 0.6) is 0 Å². The summed E-state index contributed by atoms with van der Waals surface area (Å²) in [6, 6.07) is 6.07. The van der Waals surface area contributed by atoms with Crippen LogP contribution in [0.3, 0.4) is 0 Å². The maximum absolute atomic E-state index is 13.9. The van der Waals surface area contributed by atoms with Gasteiger partial charge < -0.3 is 10.2 Å². The lowest BCUT2D eigenvalue weighted by Gasteiger charge is -2.27. The average Bonchev–Trinajstić information content (AvgIpc) is 3.29. The Hall–Kier alpha value is -4.06. The Bertz CT molecular complexity index is 1760. The second-order valence-corrected chi connectivity index (χ2v) is 11.9. The molecule has 1 N–H and O–H groups in total. The van der Waals surface area contributed by atoms with Gasteiger partial charge in [0.05, 0.1) is 5.52 Å². The van der Waals surface area contributed by atoms with Crippen LogP contribution in [0.1, 0.15) is 48.6 Å². The third-order valence-corrected chi connectivity index (χ3v) is 8.63. The van der Waals surface area contributed by atoms with Gasteiger partial charge in [-0.15, -0.1) is 0 Å². The predicted molar refractivity (Wildman–Crippen MR) is 153 cm³/mol. The van der Waals surface area contributed by atoms with Crippen molar-refractivity contribution in [1.29, 1.82) is 0 Å². The Morgan fingerprint density at radius 1 is 1.12 bits per heavy atom. The fraction of sp³-hybridized carbons (Fsp3) is 0.345. The highest BCUT2D eigenvalue weighted by atomic mass is 79.9. The number of ketones is 1. The maximum Gasteiger partial charge on any atom is 0.248 e. The minimum absolute atomic E-state index is 0.00235. The van der Waals surface area contributed by atoms with E-state index in [0.29, 0.717) is 28.7 Å². The molecule has 0 spiro atoms. The summed E-state index contributed by atoms with van der Waals surface area (Å²) in [5.74, 6) is -0.497. The summed E-state index contributed by atoms with van der Waals surface area (Å²) in [6.07, 6.45) is 4.76. The van der Waals surface area contributed by atoms with Crippen LogP contribution in [0, 0.1) is 25.1 Å². The van der Waals surface area contributed by atoms with E-state index in [9.17, 15) is 18.8 Å².